The zero-order chi connectivity index (χ0) is 18.2. The third kappa shape index (κ3) is 3.04. The molecule has 5 aromatic rings. The van der Waals surface area contributed by atoms with Crippen LogP contribution in [0.2, 0.25) is 0 Å². The summed E-state index contributed by atoms with van der Waals surface area (Å²) in [5.41, 5.74) is 4.07. The van der Waals surface area contributed by atoms with E-state index in [0.29, 0.717) is 11.3 Å². The Labute approximate surface area is 158 Å². The molecule has 7 heteroatoms. The van der Waals surface area contributed by atoms with Crippen LogP contribution in [0.4, 0.5) is 10.8 Å². The lowest BCUT2D eigenvalue weighted by atomic mass is 10.2. The fourth-order valence-electron chi connectivity index (χ4n) is 2.79. The van der Waals surface area contributed by atoms with Gasteiger partial charge in [-0.05, 0) is 42.5 Å². The van der Waals surface area contributed by atoms with Gasteiger partial charge >= 0.3 is 0 Å². The van der Waals surface area contributed by atoms with Crippen molar-refractivity contribution in [2.75, 3.05) is 5.32 Å². The lowest BCUT2D eigenvalue weighted by molar-refractivity contribution is 0.475. The largest absolute Gasteiger partial charge is 0.508 e. The van der Waals surface area contributed by atoms with Crippen LogP contribution in [0.15, 0.2) is 67.0 Å². The molecular weight excluding hydrogens is 358 g/mol. The van der Waals surface area contributed by atoms with E-state index in [1.165, 1.54) is 0 Å². The Kier molecular flexibility index (Phi) is 3.65. The number of rotatable bonds is 3. The van der Waals surface area contributed by atoms with Crippen LogP contribution in [0.1, 0.15) is 0 Å². The number of thiazole rings is 1. The van der Waals surface area contributed by atoms with Crippen LogP contribution in [0.3, 0.4) is 0 Å². The van der Waals surface area contributed by atoms with Gasteiger partial charge in [-0.2, -0.15) is 0 Å². The van der Waals surface area contributed by atoms with Crippen LogP contribution in [0, 0.1) is 0 Å². The van der Waals surface area contributed by atoms with E-state index in [0.717, 1.165) is 32.1 Å². The first kappa shape index (κ1) is 15.7. The van der Waals surface area contributed by atoms with E-state index in [2.05, 4.69) is 25.3 Å². The molecule has 0 atom stereocenters. The number of hydrogen-bond acceptors (Lipinski definition) is 7. The number of fused-ring (bicyclic) bond motifs is 2. The number of nitrogens with zero attached hydrogens (tertiary/aromatic N) is 4. The van der Waals surface area contributed by atoms with Gasteiger partial charge < -0.3 is 10.4 Å². The minimum absolute atomic E-state index is 0.212. The van der Waals surface area contributed by atoms with Gasteiger partial charge in [-0.25, -0.2) is 15.0 Å². The van der Waals surface area contributed by atoms with Gasteiger partial charge in [0.05, 0.1) is 33.8 Å². The number of pyridine rings is 1. The molecule has 5 rings (SSSR count). The summed E-state index contributed by atoms with van der Waals surface area (Å²) in [6.45, 7) is 0. The molecule has 0 spiro atoms. The van der Waals surface area contributed by atoms with Crippen molar-refractivity contribution in [1.29, 1.82) is 0 Å². The number of anilines is 2. The van der Waals surface area contributed by atoms with Gasteiger partial charge in [-0.1, -0.05) is 23.5 Å². The fourth-order valence-corrected chi connectivity index (χ4v) is 3.67. The second-order valence-electron chi connectivity index (χ2n) is 5.98. The molecule has 0 aliphatic carbocycles. The Hall–Kier alpha value is -3.58. The average Bonchev–Trinajstić information content (AvgIpc) is 3.10. The number of aromatic hydroxyl groups is 1. The zero-order valence-electron chi connectivity index (χ0n) is 14.0. The van der Waals surface area contributed by atoms with E-state index >= 15 is 0 Å². The number of hydrogen-bond donors (Lipinski definition) is 2. The minimum atomic E-state index is 0.212. The van der Waals surface area contributed by atoms with E-state index in [4.69, 9.17) is 0 Å². The third-order valence-electron chi connectivity index (χ3n) is 4.10. The summed E-state index contributed by atoms with van der Waals surface area (Å²) in [5.74, 6) is 0.796. The molecular formula is C20H13N5OS. The molecule has 6 nitrogen and oxygen atoms in total. The summed E-state index contributed by atoms with van der Waals surface area (Å²) in [6, 6.07) is 16.8. The van der Waals surface area contributed by atoms with E-state index in [9.17, 15) is 5.11 Å². The Balaban J connectivity index is 1.50. The molecule has 2 aromatic carbocycles. The number of nitrogens with one attached hydrogen (secondary N) is 1. The molecule has 0 saturated carbocycles. The molecule has 0 unspecified atom stereocenters. The van der Waals surface area contributed by atoms with Gasteiger partial charge in [0, 0.05) is 5.56 Å². The highest BCUT2D eigenvalue weighted by Gasteiger charge is 2.07. The summed E-state index contributed by atoms with van der Waals surface area (Å²) in [4.78, 5) is 18.0. The standard InChI is InChI=1S/C20H13N5OS/c26-14-7-5-12(6-8-14)19-22-11-17-16(24-19)9-13(10-21-17)23-20-25-15-3-1-2-4-18(15)27-20/h1-11,26H,(H,23,25). The third-order valence-corrected chi connectivity index (χ3v) is 5.06. The van der Waals surface area contributed by atoms with Crippen molar-refractivity contribution < 1.29 is 5.11 Å². The van der Waals surface area contributed by atoms with Crippen molar-refractivity contribution in [3.05, 3.63) is 67.0 Å². The van der Waals surface area contributed by atoms with Gasteiger partial charge in [0.15, 0.2) is 11.0 Å². The van der Waals surface area contributed by atoms with Crippen LogP contribution in [0.25, 0.3) is 32.6 Å². The topological polar surface area (TPSA) is 83.8 Å². The van der Waals surface area contributed by atoms with Crippen molar-refractivity contribution in [3.8, 4) is 17.1 Å². The number of para-hydroxylation sites is 1. The maximum absolute atomic E-state index is 9.44. The highest BCUT2D eigenvalue weighted by atomic mass is 32.1. The smallest absolute Gasteiger partial charge is 0.188 e. The second kappa shape index (κ2) is 6.30. The molecule has 3 heterocycles. The molecule has 0 amide bonds. The van der Waals surface area contributed by atoms with Crippen LogP contribution < -0.4 is 5.32 Å². The van der Waals surface area contributed by atoms with Crippen molar-refractivity contribution in [3.63, 3.8) is 0 Å². The number of benzene rings is 2. The van der Waals surface area contributed by atoms with E-state index < -0.39 is 0 Å². The SMILES string of the molecule is Oc1ccc(-c2ncc3ncc(Nc4nc5ccccc5s4)cc3n2)cc1. The molecule has 0 fully saturated rings. The van der Waals surface area contributed by atoms with E-state index in [1.807, 2.05) is 30.3 Å². The van der Waals surface area contributed by atoms with Crippen LogP contribution >= 0.6 is 11.3 Å². The highest BCUT2D eigenvalue weighted by Crippen LogP contribution is 2.28. The Morgan fingerprint density at radius 1 is 0.815 bits per heavy atom. The monoisotopic (exact) mass is 371 g/mol. The van der Waals surface area contributed by atoms with Crippen LogP contribution in [-0.4, -0.2) is 25.0 Å². The summed E-state index contributed by atoms with van der Waals surface area (Å²) in [6.07, 6.45) is 3.45. The summed E-state index contributed by atoms with van der Waals surface area (Å²) in [5, 5.41) is 13.6. The fraction of sp³-hybridized carbons (Fsp3) is 0. The number of phenols is 1. The van der Waals surface area contributed by atoms with Gasteiger partial charge in [0.25, 0.3) is 0 Å². The van der Waals surface area contributed by atoms with Crippen molar-refractivity contribution in [2.24, 2.45) is 0 Å². The molecule has 27 heavy (non-hydrogen) atoms. The number of aromatic nitrogens is 4. The number of phenolic OH excluding ortho intramolecular Hbond substituents is 1. The first-order chi connectivity index (χ1) is 13.2. The summed E-state index contributed by atoms with van der Waals surface area (Å²) < 4.78 is 1.13. The van der Waals surface area contributed by atoms with Crippen molar-refractivity contribution in [2.45, 2.75) is 0 Å². The lowest BCUT2D eigenvalue weighted by Crippen LogP contribution is -1.94. The van der Waals surface area contributed by atoms with Gasteiger partial charge in [-0.15, -0.1) is 0 Å². The average molecular weight is 371 g/mol. The summed E-state index contributed by atoms with van der Waals surface area (Å²) >= 11 is 1.59. The first-order valence-electron chi connectivity index (χ1n) is 8.29. The maximum atomic E-state index is 9.44. The highest BCUT2D eigenvalue weighted by molar-refractivity contribution is 7.22. The molecule has 3 aromatic heterocycles. The van der Waals surface area contributed by atoms with Crippen LogP contribution in [0.5, 0.6) is 5.75 Å². The molecule has 0 aliphatic rings. The zero-order valence-corrected chi connectivity index (χ0v) is 14.8. The van der Waals surface area contributed by atoms with Crippen molar-refractivity contribution >= 4 is 43.4 Å². The molecule has 0 bridgehead atoms. The Morgan fingerprint density at radius 3 is 2.52 bits per heavy atom. The normalized spacial score (nSPS) is 11.1. The van der Waals surface area contributed by atoms with Crippen molar-refractivity contribution in [1.82, 2.24) is 19.9 Å². The van der Waals surface area contributed by atoms with Gasteiger partial charge in [0.2, 0.25) is 0 Å². The quantitative estimate of drug-likeness (QED) is 0.476. The van der Waals surface area contributed by atoms with Gasteiger partial charge in [-0.3, -0.25) is 4.98 Å². The Morgan fingerprint density at radius 2 is 1.67 bits per heavy atom. The molecule has 0 aliphatic heterocycles. The summed E-state index contributed by atoms with van der Waals surface area (Å²) in [7, 11) is 0. The molecule has 0 radical (unpaired) electrons. The molecule has 0 saturated heterocycles. The lowest BCUT2D eigenvalue weighted by Gasteiger charge is -2.05. The van der Waals surface area contributed by atoms with E-state index in [-0.39, 0.29) is 5.75 Å². The van der Waals surface area contributed by atoms with Crippen LogP contribution in [-0.2, 0) is 0 Å². The Bertz CT molecular complexity index is 1230. The predicted molar refractivity (Wildman–Crippen MR) is 107 cm³/mol. The molecule has 130 valence electrons. The predicted octanol–water partition coefficient (Wildman–Crippen LogP) is 4.75. The minimum Gasteiger partial charge on any atom is -0.508 e. The first-order valence-corrected chi connectivity index (χ1v) is 9.11. The second-order valence-corrected chi connectivity index (χ2v) is 7.01. The van der Waals surface area contributed by atoms with Gasteiger partial charge in [0.1, 0.15) is 11.3 Å². The molecule has 2 N–H and O–H groups in total. The maximum Gasteiger partial charge on any atom is 0.188 e. The van der Waals surface area contributed by atoms with E-state index in [1.54, 1.807) is 48.0 Å².